The standard InChI is InChI=1S/C20H34O2/c1-15(2)20-12-11-17(4)8-6-7-16(3)9-10-18(21)19(5,22-20)13-14-20/h7,11,15,18,21H,6,8-10,12-14H2,1-5H3/b16-7-,17-11+/t18-,19-,20+/m1/s1. The van der Waals surface area contributed by atoms with Crippen LogP contribution in [-0.4, -0.2) is 22.4 Å². The number of hydrogen-bond acceptors (Lipinski definition) is 2. The summed E-state index contributed by atoms with van der Waals surface area (Å²) in [6, 6.07) is 0. The normalized spacial score (nSPS) is 42.6. The summed E-state index contributed by atoms with van der Waals surface area (Å²) < 4.78 is 6.59. The summed E-state index contributed by atoms with van der Waals surface area (Å²) in [6.07, 6.45) is 11.3. The summed E-state index contributed by atoms with van der Waals surface area (Å²) >= 11 is 0. The zero-order chi connectivity index (χ0) is 16.4. The number of hydrogen-bond donors (Lipinski definition) is 1. The van der Waals surface area contributed by atoms with Gasteiger partial charge in [0.1, 0.15) is 0 Å². The first-order valence-electron chi connectivity index (χ1n) is 8.97. The van der Waals surface area contributed by atoms with E-state index in [9.17, 15) is 5.11 Å². The van der Waals surface area contributed by atoms with Crippen LogP contribution in [0.2, 0.25) is 0 Å². The largest absolute Gasteiger partial charge is 0.390 e. The second-order valence-electron chi connectivity index (χ2n) is 8.03. The highest BCUT2D eigenvalue weighted by Crippen LogP contribution is 2.47. The minimum absolute atomic E-state index is 0.104. The molecule has 0 aromatic rings. The van der Waals surface area contributed by atoms with Crippen molar-refractivity contribution in [2.45, 2.75) is 96.9 Å². The highest BCUT2D eigenvalue weighted by Gasteiger charge is 2.50. The Hall–Kier alpha value is -0.600. The Bertz CT molecular complexity index is 449. The van der Waals surface area contributed by atoms with Gasteiger partial charge >= 0.3 is 0 Å². The van der Waals surface area contributed by atoms with Gasteiger partial charge in [0.15, 0.2) is 0 Å². The molecule has 0 spiro atoms. The molecule has 0 saturated carbocycles. The van der Waals surface area contributed by atoms with Crippen molar-refractivity contribution in [3.63, 3.8) is 0 Å². The van der Waals surface area contributed by atoms with E-state index < -0.39 is 0 Å². The van der Waals surface area contributed by atoms with E-state index in [1.54, 1.807) is 0 Å². The average Bonchev–Trinajstić information content (AvgIpc) is 2.82. The SMILES string of the molecule is C/C1=C/CC/C(C)=C/C[C@@]2(C(C)C)CC[C@@](C)(O2)[C@H](O)CC1. The molecule has 2 heteroatoms. The van der Waals surface area contributed by atoms with Gasteiger partial charge in [-0.3, -0.25) is 0 Å². The fourth-order valence-corrected chi connectivity index (χ4v) is 3.81. The van der Waals surface area contributed by atoms with E-state index in [1.165, 1.54) is 11.1 Å². The van der Waals surface area contributed by atoms with Crippen molar-refractivity contribution >= 4 is 0 Å². The first-order valence-corrected chi connectivity index (χ1v) is 8.97. The topological polar surface area (TPSA) is 29.5 Å². The third-order valence-corrected chi connectivity index (χ3v) is 5.88. The van der Waals surface area contributed by atoms with Crippen molar-refractivity contribution in [2.24, 2.45) is 5.92 Å². The number of aliphatic hydroxyl groups excluding tert-OH is 1. The van der Waals surface area contributed by atoms with Crippen molar-refractivity contribution < 1.29 is 9.84 Å². The van der Waals surface area contributed by atoms with Crippen LogP contribution in [0.3, 0.4) is 0 Å². The minimum Gasteiger partial charge on any atom is -0.390 e. The predicted molar refractivity (Wildman–Crippen MR) is 92.9 cm³/mol. The predicted octanol–water partition coefficient (Wildman–Crippen LogP) is 5.17. The van der Waals surface area contributed by atoms with Gasteiger partial charge in [0, 0.05) is 0 Å². The van der Waals surface area contributed by atoms with Crippen LogP contribution < -0.4 is 0 Å². The molecule has 0 aromatic carbocycles. The summed E-state index contributed by atoms with van der Waals surface area (Å²) in [5.74, 6) is 0.468. The summed E-state index contributed by atoms with van der Waals surface area (Å²) in [4.78, 5) is 0. The zero-order valence-electron chi connectivity index (χ0n) is 15.1. The zero-order valence-corrected chi connectivity index (χ0v) is 15.1. The number of rotatable bonds is 1. The second kappa shape index (κ2) is 6.88. The molecule has 2 nitrogen and oxygen atoms in total. The lowest BCUT2D eigenvalue weighted by Crippen LogP contribution is -2.44. The third kappa shape index (κ3) is 3.83. The van der Waals surface area contributed by atoms with Crippen LogP contribution in [0.25, 0.3) is 0 Å². The van der Waals surface area contributed by atoms with Crippen LogP contribution in [0.1, 0.15) is 79.6 Å². The van der Waals surface area contributed by atoms with Crippen molar-refractivity contribution in [2.75, 3.05) is 0 Å². The Kier molecular flexibility index (Phi) is 5.55. The Balaban J connectivity index is 2.27. The van der Waals surface area contributed by atoms with Gasteiger partial charge in [-0.25, -0.2) is 0 Å². The third-order valence-electron chi connectivity index (χ3n) is 5.88. The van der Waals surface area contributed by atoms with Crippen LogP contribution in [0.15, 0.2) is 23.3 Å². The maximum absolute atomic E-state index is 10.7. The van der Waals surface area contributed by atoms with Gasteiger partial charge in [0.2, 0.25) is 0 Å². The molecule has 2 heterocycles. The molecule has 126 valence electrons. The van der Waals surface area contributed by atoms with Gasteiger partial charge in [-0.15, -0.1) is 0 Å². The maximum atomic E-state index is 10.7. The highest BCUT2D eigenvalue weighted by atomic mass is 16.5. The molecule has 22 heavy (non-hydrogen) atoms. The maximum Gasteiger partial charge on any atom is 0.0921 e. The first-order chi connectivity index (χ1) is 10.3. The first kappa shape index (κ1) is 17.7. The molecule has 1 fully saturated rings. The van der Waals surface area contributed by atoms with Gasteiger partial charge < -0.3 is 9.84 Å². The summed E-state index contributed by atoms with van der Waals surface area (Å²) in [7, 11) is 0. The Morgan fingerprint density at radius 3 is 2.50 bits per heavy atom. The van der Waals surface area contributed by atoms with E-state index in [4.69, 9.17) is 4.74 Å². The molecule has 2 bridgehead atoms. The van der Waals surface area contributed by atoms with Crippen LogP contribution in [0, 0.1) is 5.92 Å². The number of ether oxygens (including phenoxy) is 1. The van der Waals surface area contributed by atoms with E-state index in [0.29, 0.717) is 5.92 Å². The van der Waals surface area contributed by atoms with E-state index in [2.05, 4.69) is 46.8 Å². The molecule has 2 rings (SSSR count). The van der Waals surface area contributed by atoms with Crippen LogP contribution >= 0.6 is 0 Å². The molecule has 0 amide bonds. The molecular formula is C20H34O2. The van der Waals surface area contributed by atoms with Gasteiger partial charge in [0.25, 0.3) is 0 Å². The van der Waals surface area contributed by atoms with Crippen LogP contribution in [0.4, 0.5) is 0 Å². The Labute approximate surface area is 136 Å². The van der Waals surface area contributed by atoms with Crippen molar-refractivity contribution in [1.82, 2.24) is 0 Å². The fourth-order valence-electron chi connectivity index (χ4n) is 3.81. The van der Waals surface area contributed by atoms with Crippen molar-refractivity contribution in [1.29, 1.82) is 0 Å². The molecule has 1 saturated heterocycles. The van der Waals surface area contributed by atoms with E-state index >= 15 is 0 Å². The molecule has 3 atom stereocenters. The van der Waals surface area contributed by atoms with Crippen molar-refractivity contribution in [3.05, 3.63) is 23.3 Å². The molecule has 0 aromatic heterocycles. The second-order valence-corrected chi connectivity index (χ2v) is 8.03. The smallest absolute Gasteiger partial charge is 0.0921 e. The average molecular weight is 306 g/mol. The van der Waals surface area contributed by atoms with Crippen molar-refractivity contribution in [3.8, 4) is 0 Å². The molecule has 2 aliphatic heterocycles. The van der Waals surface area contributed by atoms with E-state index in [1.807, 2.05) is 0 Å². The Morgan fingerprint density at radius 2 is 1.82 bits per heavy atom. The number of allylic oxidation sites excluding steroid dienone is 3. The van der Waals surface area contributed by atoms with Crippen LogP contribution in [0.5, 0.6) is 0 Å². The molecule has 1 N–H and O–H groups in total. The molecule has 0 unspecified atom stereocenters. The molecule has 0 aliphatic carbocycles. The lowest BCUT2D eigenvalue weighted by Gasteiger charge is -2.38. The Morgan fingerprint density at radius 1 is 1.14 bits per heavy atom. The van der Waals surface area contributed by atoms with E-state index in [0.717, 1.165) is 44.9 Å². The van der Waals surface area contributed by atoms with Gasteiger partial charge in [0.05, 0.1) is 17.3 Å². The molecule has 0 radical (unpaired) electrons. The summed E-state index contributed by atoms with van der Waals surface area (Å²) in [5, 5.41) is 10.7. The van der Waals surface area contributed by atoms with Gasteiger partial charge in [-0.05, 0) is 71.6 Å². The fraction of sp³-hybridized carbons (Fsp3) is 0.800. The highest BCUT2D eigenvalue weighted by molar-refractivity contribution is 5.10. The minimum atomic E-state index is -0.389. The lowest BCUT2D eigenvalue weighted by molar-refractivity contribution is -0.162. The summed E-state index contributed by atoms with van der Waals surface area (Å²) in [6.45, 7) is 11.0. The van der Waals surface area contributed by atoms with Crippen LogP contribution in [-0.2, 0) is 4.74 Å². The van der Waals surface area contributed by atoms with Gasteiger partial charge in [-0.2, -0.15) is 0 Å². The quantitative estimate of drug-likeness (QED) is 0.677. The lowest BCUT2D eigenvalue weighted by atomic mass is 9.82. The van der Waals surface area contributed by atoms with E-state index in [-0.39, 0.29) is 17.3 Å². The molecule has 2 aliphatic rings. The molecular weight excluding hydrogens is 272 g/mol. The number of aliphatic hydroxyl groups is 1. The number of fused-ring (bicyclic) bond motifs is 2. The summed E-state index contributed by atoms with van der Waals surface area (Å²) in [5.41, 5.74) is 2.36. The monoisotopic (exact) mass is 306 g/mol. The van der Waals surface area contributed by atoms with Gasteiger partial charge in [-0.1, -0.05) is 37.1 Å².